The van der Waals surface area contributed by atoms with Crippen molar-refractivity contribution in [3.8, 4) is 0 Å². The molecule has 0 radical (unpaired) electrons. The van der Waals surface area contributed by atoms with Gasteiger partial charge in [0.1, 0.15) is 10.2 Å². The number of hydrogen-bond acceptors (Lipinski definition) is 5. The Kier molecular flexibility index (Phi) is 6.78. The Bertz CT molecular complexity index is 610. The smallest absolute Gasteiger partial charge is 0.410 e. The predicted octanol–water partition coefficient (Wildman–Crippen LogP) is 2.01. The first-order chi connectivity index (χ1) is 11.7. The van der Waals surface area contributed by atoms with E-state index in [1.54, 1.807) is 9.80 Å². The first-order valence-electron chi connectivity index (χ1n) is 8.32. The number of nitrogens with one attached hydrogen (secondary N) is 1. The van der Waals surface area contributed by atoms with Crippen molar-refractivity contribution < 1.29 is 14.3 Å². The molecule has 0 saturated carbocycles. The van der Waals surface area contributed by atoms with Gasteiger partial charge in [-0.05, 0) is 48.8 Å². The van der Waals surface area contributed by atoms with Gasteiger partial charge < -0.3 is 19.9 Å². The van der Waals surface area contributed by atoms with Crippen molar-refractivity contribution in [1.29, 1.82) is 0 Å². The summed E-state index contributed by atoms with van der Waals surface area (Å²) in [5.41, 5.74) is 0.367. The summed E-state index contributed by atoms with van der Waals surface area (Å²) in [7, 11) is 0. The number of hydrogen-bond donors (Lipinski definition) is 1. The number of carbonyl (C=O) groups is 2. The second-order valence-corrected chi connectivity index (χ2v) is 7.72. The van der Waals surface area contributed by atoms with Crippen LogP contribution in [0.2, 0.25) is 0 Å². The molecule has 8 heteroatoms. The van der Waals surface area contributed by atoms with E-state index in [0.717, 1.165) is 10.3 Å². The van der Waals surface area contributed by atoms with Crippen molar-refractivity contribution in [3.63, 3.8) is 0 Å². The molecule has 1 aliphatic rings. The fraction of sp³-hybridized carbons (Fsp3) is 0.588. The zero-order valence-corrected chi connectivity index (χ0v) is 16.5. The minimum Gasteiger partial charge on any atom is -0.444 e. The van der Waals surface area contributed by atoms with Crippen LogP contribution in [0.3, 0.4) is 0 Å². The molecular weight excluding hydrogens is 388 g/mol. The summed E-state index contributed by atoms with van der Waals surface area (Å²) >= 11 is 3.32. The van der Waals surface area contributed by atoms with Crippen LogP contribution in [0.15, 0.2) is 22.8 Å². The first-order valence-corrected chi connectivity index (χ1v) is 9.12. The second kappa shape index (κ2) is 8.62. The highest BCUT2D eigenvalue weighted by Crippen LogP contribution is 2.12. The first kappa shape index (κ1) is 19.7. The molecule has 0 unspecified atom stereocenters. The third kappa shape index (κ3) is 6.62. The topological polar surface area (TPSA) is 74.8 Å². The normalized spacial score (nSPS) is 15.2. The number of aromatic nitrogens is 1. The minimum absolute atomic E-state index is 0.0267. The Morgan fingerprint density at radius 3 is 2.44 bits per heavy atom. The van der Waals surface area contributed by atoms with Gasteiger partial charge in [0.25, 0.3) is 0 Å². The molecule has 0 aromatic carbocycles. The largest absolute Gasteiger partial charge is 0.444 e. The summed E-state index contributed by atoms with van der Waals surface area (Å²) in [5, 5.41) is 3.11. The molecule has 1 N–H and O–H groups in total. The summed E-state index contributed by atoms with van der Waals surface area (Å²) in [6.45, 7) is 8.35. The maximum atomic E-state index is 12.3. The average Bonchev–Trinajstić information content (AvgIpc) is 2.53. The van der Waals surface area contributed by atoms with Gasteiger partial charge in [0.15, 0.2) is 0 Å². The number of halogens is 1. The summed E-state index contributed by atoms with van der Waals surface area (Å²) in [4.78, 5) is 32.0. The zero-order chi connectivity index (χ0) is 18.4. The fourth-order valence-corrected chi connectivity index (χ4v) is 2.80. The van der Waals surface area contributed by atoms with Gasteiger partial charge in [-0.25, -0.2) is 9.78 Å². The van der Waals surface area contributed by atoms with Crippen LogP contribution >= 0.6 is 15.9 Å². The molecule has 138 valence electrons. The number of rotatable bonds is 4. The van der Waals surface area contributed by atoms with Crippen molar-refractivity contribution in [1.82, 2.24) is 20.1 Å². The fourth-order valence-electron chi connectivity index (χ4n) is 2.42. The molecule has 7 nitrogen and oxygen atoms in total. The molecule has 1 fully saturated rings. The van der Waals surface area contributed by atoms with E-state index in [-0.39, 0.29) is 18.5 Å². The Balaban J connectivity index is 1.71. The summed E-state index contributed by atoms with van der Waals surface area (Å²) < 4.78 is 6.13. The van der Waals surface area contributed by atoms with Gasteiger partial charge in [0, 0.05) is 32.7 Å². The molecule has 1 saturated heterocycles. The van der Waals surface area contributed by atoms with Gasteiger partial charge in [-0.2, -0.15) is 0 Å². The Hall–Kier alpha value is -1.67. The predicted molar refractivity (Wildman–Crippen MR) is 98.0 cm³/mol. The van der Waals surface area contributed by atoms with E-state index in [9.17, 15) is 9.59 Å². The van der Waals surface area contributed by atoms with Crippen molar-refractivity contribution in [2.45, 2.75) is 32.9 Å². The molecule has 0 atom stereocenters. The zero-order valence-electron chi connectivity index (χ0n) is 14.9. The Morgan fingerprint density at radius 2 is 1.84 bits per heavy atom. The van der Waals surface area contributed by atoms with Gasteiger partial charge in [0.05, 0.1) is 12.2 Å². The van der Waals surface area contributed by atoms with Crippen molar-refractivity contribution in [3.05, 3.63) is 28.5 Å². The lowest BCUT2D eigenvalue weighted by Crippen LogP contribution is -2.53. The molecule has 0 bridgehead atoms. The van der Waals surface area contributed by atoms with Gasteiger partial charge >= 0.3 is 6.09 Å². The van der Waals surface area contributed by atoms with E-state index in [0.29, 0.717) is 32.7 Å². The van der Waals surface area contributed by atoms with Gasteiger partial charge in [-0.3, -0.25) is 4.79 Å². The maximum absolute atomic E-state index is 12.3. The van der Waals surface area contributed by atoms with Crippen LogP contribution in [0.4, 0.5) is 4.79 Å². The van der Waals surface area contributed by atoms with Crippen LogP contribution in [-0.2, 0) is 16.1 Å². The molecule has 25 heavy (non-hydrogen) atoms. The van der Waals surface area contributed by atoms with Gasteiger partial charge in [-0.1, -0.05) is 6.07 Å². The lowest BCUT2D eigenvalue weighted by molar-refractivity contribution is -0.132. The van der Waals surface area contributed by atoms with E-state index in [1.165, 1.54) is 0 Å². The molecule has 2 rings (SSSR count). The molecule has 1 aliphatic heterocycles. The Labute approximate surface area is 156 Å². The van der Waals surface area contributed by atoms with Crippen LogP contribution in [0, 0.1) is 0 Å². The number of pyridine rings is 1. The van der Waals surface area contributed by atoms with E-state index in [4.69, 9.17) is 4.74 Å². The molecule has 0 aliphatic carbocycles. The van der Waals surface area contributed by atoms with Crippen LogP contribution in [0.5, 0.6) is 0 Å². The molecular formula is C17H25BrN4O3. The number of amides is 2. The average molecular weight is 413 g/mol. The molecule has 1 aromatic heterocycles. The minimum atomic E-state index is -0.506. The van der Waals surface area contributed by atoms with Crippen LogP contribution in [0.25, 0.3) is 0 Å². The van der Waals surface area contributed by atoms with Crippen LogP contribution < -0.4 is 5.32 Å². The lowest BCUT2D eigenvalue weighted by Gasteiger charge is -2.35. The third-order valence-electron chi connectivity index (χ3n) is 3.64. The number of piperazine rings is 1. The third-order valence-corrected chi connectivity index (χ3v) is 4.08. The molecule has 2 amide bonds. The summed E-state index contributed by atoms with van der Waals surface area (Å²) in [5.74, 6) is 0.0267. The number of ether oxygens (including phenoxy) is 1. The van der Waals surface area contributed by atoms with Crippen molar-refractivity contribution in [2.75, 3.05) is 32.7 Å². The quantitative estimate of drug-likeness (QED) is 0.765. The summed E-state index contributed by atoms with van der Waals surface area (Å²) in [6.07, 6.45) is -0.321. The van der Waals surface area contributed by atoms with E-state index >= 15 is 0 Å². The van der Waals surface area contributed by atoms with Gasteiger partial charge in [0.2, 0.25) is 5.91 Å². The lowest BCUT2D eigenvalue weighted by atomic mass is 10.2. The van der Waals surface area contributed by atoms with Crippen molar-refractivity contribution in [2.24, 2.45) is 0 Å². The van der Waals surface area contributed by atoms with E-state index in [2.05, 4.69) is 26.2 Å². The van der Waals surface area contributed by atoms with Crippen LogP contribution in [0.1, 0.15) is 26.5 Å². The van der Waals surface area contributed by atoms with Gasteiger partial charge in [-0.15, -0.1) is 0 Å². The monoisotopic (exact) mass is 412 g/mol. The molecule has 1 aromatic rings. The highest BCUT2D eigenvalue weighted by Gasteiger charge is 2.27. The Morgan fingerprint density at radius 1 is 1.20 bits per heavy atom. The second-order valence-electron chi connectivity index (χ2n) is 6.90. The van der Waals surface area contributed by atoms with Crippen molar-refractivity contribution >= 4 is 27.9 Å². The van der Waals surface area contributed by atoms with E-state index < -0.39 is 5.60 Å². The maximum Gasteiger partial charge on any atom is 0.410 e. The summed E-state index contributed by atoms with van der Waals surface area (Å²) in [6, 6.07) is 5.67. The number of carbonyl (C=O) groups excluding carboxylic acids is 2. The highest BCUT2D eigenvalue weighted by molar-refractivity contribution is 9.10. The highest BCUT2D eigenvalue weighted by atomic mass is 79.9. The standard InChI is InChI=1S/C17H25BrN4O3/c1-17(2,3)25-16(24)22-9-7-21(8-10-22)15(23)12-19-11-13-5-4-6-14(18)20-13/h4-6,19H,7-12H2,1-3H3. The van der Waals surface area contributed by atoms with Crippen LogP contribution in [-0.4, -0.2) is 65.1 Å². The SMILES string of the molecule is CC(C)(C)OC(=O)N1CCN(C(=O)CNCc2cccc(Br)n2)CC1. The van der Waals surface area contributed by atoms with E-state index in [1.807, 2.05) is 39.0 Å². The molecule has 2 heterocycles. The number of nitrogens with zero attached hydrogens (tertiary/aromatic N) is 3. The molecule has 0 spiro atoms.